The Labute approximate surface area is 330 Å². The molecular formula is C54H33N3. The summed E-state index contributed by atoms with van der Waals surface area (Å²) >= 11 is 0. The number of fused-ring (bicyclic) bond motifs is 17. The molecule has 1 unspecified atom stereocenters. The lowest BCUT2D eigenvalue weighted by Gasteiger charge is -2.36. The van der Waals surface area contributed by atoms with Gasteiger partial charge in [0.25, 0.3) is 0 Å². The lowest BCUT2D eigenvalue weighted by Crippen LogP contribution is -2.29. The van der Waals surface area contributed by atoms with Gasteiger partial charge in [-0.15, -0.1) is 0 Å². The maximum absolute atomic E-state index is 5.23. The summed E-state index contributed by atoms with van der Waals surface area (Å²) in [5.74, 6) is 1.93. The van der Waals surface area contributed by atoms with Crippen molar-refractivity contribution in [3.63, 3.8) is 0 Å². The molecule has 3 heteroatoms. The molecule has 1 aromatic heterocycles. The van der Waals surface area contributed by atoms with Crippen LogP contribution in [0.4, 0.5) is 0 Å². The van der Waals surface area contributed by atoms with E-state index in [1.807, 2.05) is 36.4 Å². The van der Waals surface area contributed by atoms with E-state index in [4.69, 9.17) is 15.0 Å². The normalized spacial score (nSPS) is 14.7. The van der Waals surface area contributed by atoms with Crippen molar-refractivity contribution in [2.75, 3.05) is 0 Å². The molecule has 12 rings (SSSR count). The van der Waals surface area contributed by atoms with Gasteiger partial charge in [0, 0.05) is 16.7 Å². The quantitative estimate of drug-likeness (QED) is 0.170. The largest absolute Gasteiger partial charge is 0.208 e. The maximum atomic E-state index is 5.23. The second kappa shape index (κ2) is 12.3. The summed E-state index contributed by atoms with van der Waals surface area (Å²) in [6.07, 6.45) is 0. The summed E-state index contributed by atoms with van der Waals surface area (Å²) in [6, 6.07) is 72.4. The van der Waals surface area contributed by atoms with Crippen LogP contribution in [-0.4, -0.2) is 15.0 Å². The van der Waals surface area contributed by atoms with Gasteiger partial charge in [0.1, 0.15) is 0 Å². The van der Waals surface area contributed by atoms with Crippen molar-refractivity contribution in [2.45, 2.75) is 5.41 Å². The standard InChI is InChI=1S/C54H33N3/c1-3-17-34(18-4-1)51-55-52(35-19-5-2-6-20-35)57-53(56-51)36-31-32-42-38-22-8-7-21-37(38)41-25-13-15-29-46(41)54(48(42)33-36)47-30-16-14-28-45(47)49-43-26-11-9-23-39(43)40-24-10-12-27-44(40)50(49)54/h1-33H. The first-order valence-electron chi connectivity index (χ1n) is 19.5. The Morgan fingerprint density at radius 3 is 1.32 bits per heavy atom. The first kappa shape index (κ1) is 31.8. The Kier molecular flexibility index (Phi) is 6.84. The number of hydrogen-bond donors (Lipinski definition) is 0. The second-order valence-corrected chi connectivity index (χ2v) is 15.0. The van der Waals surface area contributed by atoms with Gasteiger partial charge in [0.15, 0.2) is 17.5 Å². The molecule has 0 radical (unpaired) electrons. The van der Waals surface area contributed by atoms with Gasteiger partial charge < -0.3 is 0 Å². The number of benzene rings is 9. The van der Waals surface area contributed by atoms with Gasteiger partial charge >= 0.3 is 0 Å². The lowest BCUT2D eigenvalue weighted by atomic mass is 9.64. The Hall–Kier alpha value is -7.49. The van der Waals surface area contributed by atoms with Crippen molar-refractivity contribution < 1.29 is 0 Å². The number of nitrogens with zero attached hydrogens (tertiary/aromatic N) is 3. The highest BCUT2D eigenvalue weighted by atomic mass is 15.0. The smallest absolute Gasteiger partial charge is 0.164 e. The van der Waals surface area contributed by atoms with Crippen LogP contribution in [0.2, 0.25) is 0 Å². The van der Waals surface area contributed by atoms with E-state index in [2.05, 4.69) is 164 Å². The molecule has 0 bridgehead atoms. The average molecular weight is 724 g/mol. The third-order valence-corrected chi connectivity index (χ3v) is 12.1. The molecule has 1 spiro atoms. The van der Waals surface area contributed by atoms with E-state index in [1.165, 1.54) is 77.2 Å². The van der Waals surface area contributed by atoms with Crippen LogP contribution >= 0.6 is 0 Å². The van der Waals surface area contributed by atoms with Gasteiger partial charge in [-0.1, -0.05) is 194 Å². The average Bonchev–Trinajstić information content (AvgIpc) is 3.56. The molecule has 0 amide bonds. The zero-order valence-electron chi connectivity index (χ0n) is 30.9. The molecule has 2 aliphatic rings. The fourth-order valence-corrected chi connectivity index (χ4v) is 9.84. The SMILES string of the molecule is c1ccc(-c2nc(-c3ccccc3)nc(-c3ccc4c(c3)C3(c5ccccc5-c5ccccc5-4)c4ccccc4-c4c3c3ccccc3c3ccccc43)n2)cc1. The third kappa shape index (κ3) is 4.51. The van der Waals surface area contributed by atoms with E-state index in [0.717, 1.165) is 16.7 Å². The molecule has 0 N–H and O–H groups in total. The molecule has 2 aliphatic carbocycles. The summed E-state index contributed by atoms with van der Waals surface area (Å²) in [5.41, 5.74) is 14.7. The van der Waals surface area contributed by atoms with E-state index in [-0.39, 0.29) is 0 Å². The third-order valence-electron chi connectivity index (χ3n) is 12.1. The van der Waals surface area contributed by atoms with Gasteiger partial charge in [0.05, 0.1) is 5.41 Å². The topological polar surface area (TPSA) is 38.7 Å². The van der Waals surface area contributed by atoms with Crippen LogP contribution in [-0.2, 0) is 5.41 Å². The Morgan fingerprint density at radius 2 is 0.702 bits per heavy atom. The van der Waals surface area contributed by atoms with Crippen molar-refractivity contribution in [3.8, 4) is 67.5 Å². The molecule has 10 aromatic rings. The first-order valence-corrected chi connectivity index (χ1v) is 19.5. The molecule has 0 aliphatic heterocycles. The fourth-order valence-electron chi connectivity index (χ4n) is 9.84. The van der Waals surface area contributed by atoms with Crippen LogP contribution in [0.3, 0.4) is 0 Å². The van der Waals surface area contributed by atoms with Crippen LogP contribution in [0.5, 0.6) is 0 Å². The van der Waals surface area contributed by atoms with Gasteiger partial charge in [-0.25, -0.2) is 15.0 Å². The highest BCUT2D eigenvalue weighted by molar-refractivity contribution is 6.19. The van der Waals surface area contributed by atoms with Crippen molar-refractivity contribution in [2.24, 2.45) is 0 Å². The molecule has 9 aromatic carbocycles. The molecule has 3 nitrogen and oxygen atoms in total. The number of rotatable bonds is 3. The van der Waals surface area contributed by atoms with Crippen molar-refractivity contribution in [3.05, 3.63) is 222 Å². The molecular weight excluding hydrogens is 691 g/mol. The highest BCUT2D eigenvalue weighted by Gasteiger charge is 2.51. The number of aromatic nitrogens is 3. The van der Waals surface area contributed by atoms with E-state index in [0.29, 0.717) is 17.5 Å². The summed E-state index contributed by atoms with van der Waals surface area (Å²) in [5, 5.41) is 5.06. The summed E-state index contributed by atoms with van der Waals surface area (Å²) in [7, 11) is 0. The Bertz CT molecular complexity index is 3180. The minimum absolute atomic E-state index is 0.640. The van der Waals surface area contributed by atoms with Crippen molar-refractivity contribution in [1.29, 1.82) is 0 Å². The first-order chi connectivity index (χ1) is 28.3. The summed E-state index contributed by atoms with van der Waals surface area (Å²) in [4.78, 5) is 15.5. The molecule has 264 valence electrons. The van der Waals surface area contributed by atoms with E-state index >= 15 is 0 Å². The van der Waals surface area contributed by atoms with Crippen LogP contribution in [0.1, 0.15) is 22.3 Å². The maximum Gasteiger partial charge on any atom is 0.164 e. The predicted octanol–water partition coefficient (Wildman–Crippen LogP) is 13.2. The monoisotopic (exact) mass is 723 g/mol. The van der Waals surface area contributed by atoms with E-state index < -0.39 is 5.41 Å². The second-order valence-electron chi connectivity index (χ2n) is 15.0. The fraction of sp³-hybridized carbons (Fsp3) is 0.0185. The summed E-state index contributed by atoms with van der Waals surface area (Å²) < 4.78 is 0. The van der Waals surface area contributed by atoms with Gasteiger partial charge in [-0.2, -0.15) is 0 Å². The minimum Gasteiger partial charge on any atom is -0.208 e. The highest BCUT2D eigenvalue weighted by Crippen LogP contribution is 2.64. The lowest BCUT2D eigenvalue weighted by molar-refractivity contribution is 0.783. The van der Waals surface area contributed by atoms with Crippen molar-refractivity contribution in [1.82, 2.24) is 15.0 Å². The van der Waals surface area contributed by atoms with Crippen LogP contribution < -0.4 is 0 Å². The van der Waals surface area contributed by atoms with Crippen LogP contribution in [0.25, 0.3) is 89.1 Å². The molecule has 0 fully saturated rings. The molecule has 0 saturated heterocycles. The van der Waals surface area contributed by atoms with Crippen LogP contribution in [0, 0.1) is 0 Å². The van der Waals surface area contributed by atoms with E-state index in [1.54, 1.807) is 0 Å². The van der Waals surface area contributed by atoms with Gasteiger partial charge in [-0.3, -0.25) is 0 Å². The zero-order valence-corrected chi connectivity index (χ0v) is 30.9. The van der Waals surface area contributed by atoms with Gasteiger partial charge in [0.2, 0.25) is 0 Å². The Morgan fingerprint density at radius 1 is 0.281 bits per heavy atom. The zero-order chi connectivity index (χ0) is 37.5. The molecule has 57 heavy (non-hydrogen) atoms. The van der Waals surface area contributed by atoms with E-state index in [9.17, 15) is 0 Å². The van der Waals surface area contributed by atoms with Gasteiger partial charge in [-0.05, 0) is 83.2 Å². The summed E-state index contributed by atoms with van der Waals surface area (Å²) in [6.45, 7) is 0. The van der Waals surface area contributed by atoms with Crippen molar-refractivity contribution >= 4 is 21.5 Å². The molecule has 1 atom stereocenters. The molecule has 0 saturated carbocycles. The predicted molar refractivity (Wildman–Crippen MR) is 233 cm³/mol. The molecule has 1 heterocycles. The Balaban J connectivity index is 1.26. The number of hydrogen-bond acceptors (Lipinski definition) is 3. The minimum atomic E-state index is -0.686. The van der Waals surface area contributed by atoms with Crippen LogP contribution in [0.15, 0.2) is 200 Å².